The van der Waals surface area contributed by atoms with E-state index < -0.39 is 75.5 Å². The van der Waals surface area contributed by atoms with Crippen molar-refractivity contribution in [3.8, 4) is 62.9 Å². The van der Waals surface area contributed by atoms with Crippen molar-refractivity contribution in [1.29, 1.82) is 0 Å². The Morgan fingerprint density at radius 2 is 0.667 bits per heavy atom. The Hall–Kier alpha value is -3.38. The van der Waals surface area contributed by atoms with Crippen LogP contribution in [0.15, 0.2) is 0 Å². The summed E-state index contributed by atoms with van der Waals surface area (Å²) in [4.78, 5) is 0. The fourth-order valence-corrected chi connectivity index (χ4v) is 2.14. The molecule has 0 atom stereocenters. The van der Waals surface area contributed by atoms with Gasteiger partial charge in [0.15, 0.2) is 23.0 Å². The van der Waals surface area contributed by atoms with Crippen LogP contribution in [-0.2, 0) is 0 Å². The van der Waals surface area contributed by atoms with Crippen molar-refractivity contribution in [3.63, 3.8) is 0 Å². The molecule has 11 nitrogen and oxygen atoms in total. The highest BCUT2D eigenvalue weighted by atomic mass is 16.4. The number of hydrogen-bond donors (Lipinski definition) is 11. The molecule has 0 aliphatic carbocycles. The summed E-state index contributed by atoms with van der Waals surface area (Å²) in [5.74, 6) is -12.1. The molecular formula is C12H11BO11. The third-order valence-electron chi connectivity index (χ3n) is 3.31. The highest BCUT2D eigenvalue weighted by Gasteiger charge is 2.35. The summed E-state index contributed by atoms with van der Waals surface area (Å²) >= 11 is 0. The Kier molecular flexibility index (Phi) is 3.80. The van der Waals surface area contributed by atoms with Crippen molar-refractivity contribution in [2.45, 2.75) is 0 Å². The SMILES string of the molecule is OB(O)c1c(O)c(O)c(O)c(O)c1-c1c(O)c(O)c(O)c(O)c1O. The van der Waals surface area contributed by atoms with Crippen LogP contribution in [0, 0.1) is 0 Å². The lowest BCUT2D eigenvalue weighted by Gasteiger charge is -2.19. The van der Waals surface area contributed by atoms with Crippen LogP contribution in [0.1, 0.15) is 0 Å². The molecule has 0 aliphatic rings. The molecule has 128 valence electrons. The molecule has 0 heterocycles. The first-order valence-corrected chi connectivity index (χ1v) is 6.07. The van der Waals surface area contributed by atoms with Crippen molar-refractivity contribution in [2.24, 2.45) is 0 Å². The van der Waals surface area contributed by atoms with Gasteiger partial charge in [-0.1, -0.05) is 0 Å². The number of aromatic hydroxyl groups is 9. The second-order valence-electron chi connectivity index (χ2n) is 4.67. The molecule has 11 N–H and O–H groups in total. The smallest absolute Gasteiger partial charge is 0.493 e. The van der Waals surface area contributed by atoms with Crippen LogP contribution in [-0.4, -0.2) is 63.1 Å². The van der Waals surface area contributed by atoms with Crippen LogP contribution in [0.4, 0.5) is 0 Å². The van der Waals surface area contributed by atoms with Gasteiger partial charge >= 0.3 is 7.12 Å². The summed E-state index contributed by atoms with van der Waals surface area (Å²) in [6.45, 7) is 0. The predicted octanol–water partition coefficient (Wildman–Crippen LogP) is -1.62. The van der Waals surface area contributed by atoms with Gasteiger partial charge in [0.05, 0.1) is 5.56 Å². The van der Waals surface area contributed by atoms with Gasteiger partial charge in [0.2, 0.25) is 28.7 Å². The standard InChI is InChI=1S/C12H11BO11/c14-4-1(3(13(23)24)7(17)11(21)8(4)18)2-5(15)9(19)12(22)10(20)6(2)16/h14-24H. The molecule has 0 aliphatic heterocycles. The van der Waals surface area contributed by atoms with Gasteiger partial charge in [-0.15, -0.1) is 0 Å². The fourth-order valence-electron chi connectivity index (χ4n) is 2.14. The summed E-state index contributed by atoms with van der Waals surface area (Å²) in [6.07, 6.45) is 0. The topological polar surface area (TPSA) is 223 Å². The molecule has 0 bridgehead atoms. The monoisotopic (exact) mass is 342 g/mol. The highest BCUT2D eigenvalue weighted by Crippen LogP contribution is 2.58. The molecule has 24 heavy (non-hydrogen) atoms. The van der Waals surface area contributed by atoms with Gasteiger partial charge in [-0.25, -0.2) is 0 Å². The van der Waals surface area contributed by atoms with Gasteiger partial charge in [0.25, 0.3) is 0 Å². The molecule has 0 radical (unpaired) electrons. The average Bonchev–Trinajstić information content (AvgIpc) is 2.53. The first kappa shape index (κ1) is 17.0. The summed E-state index contributed by atoms with van der Waals surface area (Å²) < 4.78 is 0. The number of benzene rings is 2. The molecule has 0 aromatic heterocycles. The summed E-state index contributed by atoms with van der Waals surface area (Å²) in [7, 11) is -2.60. The van der Waals surface area contributed by atoms with Gasteiger partial charge < -0.3 is 56.0 Å². The predicted molar refractivity (Wildman–Crippen MR) is 76.7 cm³/mol. The van der Waals surface area contributed by atoms with Crippen molar-refractivity contribution < 1.29 is 56.0 Å². The quantitative estimate of drug-likeness (QED) is 0.169. The Morgan fingerprint density at radius 1 is 0.375 bits per heavy atom. The Bertz CT molecular complexity index is 817. The summed E-state index contributed by atoms with van der Waals surface area (Å²) in [6, 6.07) is 0. The summed E-state index contributed by atoms with van der Waals surface area (Å²) in [5.41, 5.74) is -3.20. The largest absolute Gasteiger partial charge is 0.504 e. The van der Waals surface area contributed by atoms with E-state index in [2.05, 4.69) is 0 Å². The van der Waals surface area contributed by atoms with E-state index >= 15 is 0 Å². The van der Waals surface area contributed by atoms with Crippen LogP contribution >= 0.6 is 0 Å². The van der Waals surface area contributed by atoms with Crippen molar-refractivity contribution in [3.05, 3.63) is 0 Å². The second-order valence-corrected chi connectivity index (χ2v) is 4.67. The van der Waals surface area contributed by atoms with E-state index in [0.717, 1.165) is 0 Å². The van der Waals surface area contributed by atoms with E-state index in [4.69, 9.17) is 0 Å². The summed E-state index contributed by atoms with van der Waals surface area (Å²) in [5, 5.41) is 105. The Labute approximate surface area is 132 Å². The maximum absolute atomic E-state index is 9.89. The minimum Gasteiger partial charge on any atom is -0.504 e. The van der Waals surface area contributed by atoms with Crippen LogP contribution in [0.25, 0.3) is 11.1 Å². The number of rotatable bonds is 2. The number of phenolic OH excluding ortho intramolecular Hbond substituents is 9. The zero-order chi connectivity index (χ0) is 18.5. The first-order chi connectivity index (χ1) is 11.0. The zero-order valence-corrected chi connectivity index (χ0v) is 11.5. The van der Waals surface area contributed by atoms with E-state index in [1.165, 1.54) is 0 Å². The van der Waals surface area contributed by atoms with Gasteiger partial charge in [0.1, 0.15) is 0 Å². The van der Waals surface area contributed by atoms with Gasteiger partial charge in [0, 0.05) is 11.0 Å². The molecule has 2 aromatic rings. The molecular weight excluding hydrogens is 331 g/mol. The minimum absolute atomic E-state index is 1.04. The Balaban J connectivity index is 3.10. The Morgan fingerprint density at radius 3 is 1.04 bits per heavy atom. The van der Waals surface area contributed by atoms with Crippen molar-refractivity contribution in [2.75, 3.05) is 0 Å². The molecule has 0 amide bonds. The fraction of sp³-hybridized carbons (Fsp3) is 0. The minimum atomic E-state index is -2.60. The van der Waals surface area contributed by atoms with Gasteiger partial charge in [-0.3, -0.25) is 0 Å². The zero-order valence-electron chi connectivity index (χ0n) is 11.5. The third-order valence-corrected chi connectivity index (χ3v) is 3.31. The van der Waals surface area contributed by atoms with E-state index in [0.29, 0.717) is 0 Å². The molecule has 2 rings (SSSR count). The third kappa shape index (κ3) is 2.09. The molecule has 0 fully saturated rings. The average molecular weight is 342 g/mol. The van der Waals surface area contributed by atoms with Crippen LogP contribution < -0.4 is 5.46 Å². The van der Waals surface area contributed by atoms with E-state index in [-0.39, 0.29) is 0 Å². The normalized spacial score (nSPS) is 10.8. The molecule has 0 saturated carbocycles. The van der Waals surface area contributed by atoms with E-state index in [9.17, 15) is 56.0 Å². The molecule has 0 spiro atoms. The first-order valence-electron chi connectivity index (χ1n) is 6.07. The van der Waals surface area contributed by atoms with Crippen LogP contribution in [0.3, 0.4) is 0 Å². The molecule has 0 unspecified atom stereocenters. The second kappa shape index (κ2) is 5.36. The van der Waals surface area contributed by atoms with Crippen molar-refractivity contribution in [1.82, 2.24) is 0 Å². The molecule has 2 aromatic carbocycles. The lowest BCUT2D eigenvalue weighted by atomic mass is 9.73. The highest BCUT2D eigenvalue weighted by molar-refractivity contribution is 6.62. The molecule has 0 saturated heterocycles. The number of hydrogen-bond acceptors (Lipinski definition) is 11. The lowest BCUT2D eigenvalue weighted by molar-refractivity contribution is 0.329. The van der Waals surface area contributed by atoms with Crippen LogP contribution in [0.2, 0.25) is 0 Å². The lowest BCUT2D eigenvalue weighted by Crippen LogP contribution is -2.32. The number of phenols is 9. The van der Waals surface area contributed by atoms with Crippen LogP contribution in [0.5, 0.6) is 51.7 Å². The van der Waals surface area contributed by atoms with Gasteiger partial charge in [-0.2, -0.15) is 0 Å². The van der Waals surface area contributed by atoms with Crippen molar-refractivity contribution >= 4 is 12.6 Å². The molecule has 12 heteroatoms. The van der Waals surface area contributed by atoms with Gasteiger partial charge in [-0.05, 0) is 0 Å². The van der Waals surface area contributed by atoms with E-state index in [1.54, 1.807) is 0 Å². The van der Waals surface area contributed by atoms with E-state index in [1.807, 2.05) is 0 Å². The maximum Gasteiger partial charge on any atom is 0.493 e. The maximum atomic E-state index is 9.89.